The lowest BCUT2D eigenvalue weighted by Gasteiger charge is -2.26. The summed E-state index contributed by atoms with van der Waals surface area (Å²) < 4.78 is 5.32. The topological polar surface area (TPSA) is 66.8 Å². The summed E-state index contributed by atoms with van der Waals surface area (Å²) in [4.78, 5) is 28.2. The monoisotopic (exact) mass is 367 g/mol. The molecule has 0 aliphatic carbocycles. The summed E-state index contributed by atoms with van der Waals surface area (Å²) in [5, 5.41) is 10.0. The van der Waals surface area contributed by atoms with Crippen LogP contribution in [0.3, 0.4) is 0 Å². The third kappa shape index (κ3) is 3.29. The number of carbonyl (C=O) groups excluding carboxylic acids is 2. The van der Waals surface area contributed by atoms with E-state index in [4.69, 9.17) is 4.74 Å². The summed E-state index contributed by atoms with van der Waals surface area (Å²) in [6, 6.07) is 14.4. The Balaban J connectivity index is 2.12. The van der Waals surface area contributed by atoms with Crippen molar-refractivity contribution in [3.63, 3.8) is 0 Å². The molecule has 0 saturated heterocycles. The molecule has 2 aromatic rings. The van der Waals surface area contributed by atoms with Crippen LogP contribution in [0.15, 0.2) is 48.5 Å². The van der Waals surface area contributed by atoms with Crippen molar-refractivity contribution >= 4 is 17.6 Å². The van der Waals surface area contributed by atoms with E-state index < -0.39 is 11.4 Å². The van der Waals surface area contributed by atoms with E-state index in [9.17, 15) is 14.7 Å². The van der Waals surface area contributed by atoms with Crippen LogP contribution in [0, 0.1) is 0 Å². The molecule has 1 N–H and O–H groups in total. The van der Waals surface area contributed by atoms with Gasteiger partial charge >= 0.3 is 5.97 Å². The van der Waals surface area contributed by atoms with E-state index in [-0.39, 0.29) is 18.3 Å². The third-order valence-corrected chi connectivity index (χ3v) is 5.05. The van der Waals surface area contributed by atoms with Crippen LogP contribution >= 0.6 is 0 Å². The van der Waals surface area contributed by atoms with Gasteiger partial charge in [-0.3, -0.25) is 9.59 Å². The van der Waals surface area contributed by atoms with Crippen molar-refractivity contribution < 1.29 is 19.4 Å². The molecule has 5 nitrogen and oxygen atoms in total. The van der Waals surface area contributed by atoms with Gasteiger partial charge in [0.05, 0.1) is 13.2 Å². The van der Waals surface area contributed by atoms with Crippen molar-refractivity contribution in [2.24, 2.45) is 0 Å². The number of aromatic hydroxyl groups is 1. The lowest BCUT2D eigenvalue weighted by molar-refractivity contribution is -0.154. The van der Waals surface area contributed by atoms with Gasteiger partial charge in [-0.15, -0.1) is 0 Å². The van der Waals surface area contributed by atoms with Crippen LogP contribution in [0.25, 0.3) is 0 Å². The number of rotatable bonds is 7. The number of nitrogens with zero attached hydrogens (tertiary/aromatic N) is 1. The molecule has 1 heterocycles. The molecule has 2 aromatic carbocycles. The zero-order chi connectivity index (χ0) is 19.4. The van der Waals surface area contributed by atoms with Gasteiger partial charge in [-0.1, -0.05) is 50.1 Å². The van der Waals surface area contributed by atoms with Gasteiger partial charge < -0.3 is 14.7 Å². The number of benzene rings is 2. The molecular weight excluding hydrogens is 342 g/mol. The molecule has 0 aromatic heterocycles. The van der Waals surface area contributed by atoms with Crippen LogP contribution in [0.1, 0.15) is 44.2 Å². The fourth-order valence-electron chi connectivity index (χ4n) is 3.72. The van der Waals surface area contributed by atoms with E-state index >= 15 is 0 Å². The number of hydrogen-bond acceptors (Lipinski definition) is 4. The van der Waals surface area contributed by atoms with Crippen LogP contribution in [0.2, 0.25) is 0 Å². The Bertz CT molecular complexity index is 833. The smallest absolute Gasteiger partial charge is 0.326 e. The zero-order valence-corrected chi connectivity index (χ0v) is 15.8. The number of anilines is 1. The summed E-state index contributed by atoms with van der Waals surface area (Å²) in [7, 11) is 0. The van der Waals surface area contributed by atoms with Crippen molar-refractivity contribution in [2.45, 2.75) is 45.1 Å². The Morgan fingerprint density at radius 2 is 1.89 bits per heavy atom. The zero-order valence-electron chi connectivity index (χ0n) is 15.8. The highest BCUT2D eigenvalue weighted by atomic mass is 16.5. The van der Waals surface area contributed by atoms with Gasteiger partial charge in [-0.2, -0.15) is 0 Å². The first-order chi connectivity index (χ1) is 13.0. The molecule has 3 rings (SSSR count). The van der Waals surface area contributed by atoms with Gasteiger partial charge in [0, 0.05) is 11.3 Å². The highest BCUT2D eigenvalue weighted by Gasteiger charge is 2.57. The first-order valence-corrected chi connectivity index (χ1v) is 9.41. The molecule has 0 bridgehead atoms. The van der Waals surface area contributed by atoms with Crippen molar-refractivity contribution in [3.8, 4) is 5.75 Å². The summed E-state index contributed by atoms with van der Waals surface area (Å²) in [6.45, 7) is 4.32. The molecular formula is C22H25NO4. The maximum atomic E-state index is 13.6. The number of carbonyl (C=O) groups is 2. The van der Waals surface area contributed by atoms with Crippen LogP contribution in [0.4, 0.5) is 5.69 Å². The van der Waals surface area contributed by atoms with Crippen LogP contribution in [-0.2, 0) is 26.3 Å². The van der Waals surface area contributed by atoms with E-state index in [1.54, 1.807) is 24.0 Å². The first kappa shape index (κ1) is 19.0. The quantitative estimate of drug-likeness (QED) is 0.595. The number of amides is 1. The Labute approximate surface area is 159 Å². The summed E-state index contributed by atoms with van der Waals surface area (Å²) in [5.41, 5.74) is 0.774. The minimum Gasteiger partial charge on any atom is -0.508 e. The van der Waals surface area contributed by atoms with Crippen LogP contribution < -0.4 is 4.90 Å². The van der Waals surface area contributed by atoms with E-state index in [1.807, 2.05) is 37.3 Å². The van der Waals surface area contributed by atoms with Gasteiger partial charge in [-0.05, 0) is 37.1 Å². The third-order valence-electron chi connectivity index (χ3n) is 5.05. The summed E-state index contributed by atoms with van der Waals surface area (Å²) in [5.74, 6) is -0.780. The first-order valence-electron chi connectivity index (χ1n) is 9.41. The molecule has 142 valence electrons. The van der Waals surface area contributed by atoms with Crippen molar-refractivity contribution in [3.05, 3.63) is 59.7 Å². The van der Waals surface area contributed by atoms with E-state index in [0.29, 0.717) is 30.6 Å². The molecule has 0 fully saturated rings. The molecule has 1 aliphatic heterocycles. The van der Waals surface area contributed by atoms with E-state index in [2.05, 4.69) is 0 Å². The second-order valence-corrected chi connectivity index (χ2v) is 6.81. The molecule has 27 heavy (non-hydrogen) atoms. The minimum atomic E-state index is -1.39. The molecule has 1 atom stereocenters. The molecule has 1 aliphatic rings. The standard InChI is InChI=1S/C22H25NO4/c1-3-5-13-22(21(26)27-4-2)18-14-17(24)11-12-19(18)23(20(22)25)15-16-9-7-6-8-10-16/h6-12,14,24H,3-5,13,15H2,1-2H3/t22-/m0/s1. The van der Waals surface area contributed by atoms with E-state index in [0.717, 1.165) is 12.0 Å². The van der Waals surface area contributed by atoms with Crippen LogP contribution in [-0.4, -0.2) is 23.6 Å². The summed E-state index contributed by atoms with van der Waals surface area (Å²) >= 11 is 0. The number of unbranched alkanes of at least 4 members (excludes halogenated alkanes) is 1. The average molecular weight is 367 g/mol. The second kappa shape index (κ2) is 7.82. The normalized spacial score (nSPS) is 18.4. The van der Waals surface area contributed by atoms with Crippen LogP contribution in [0.5, 0.6) is 5.75 Å². The van der Waals surface area contributed by atoms with Crippen molar-refractivity contribution in [2.75, 3.05) is 11.5 Å². The van der Waals surface area contributed by atoms with Gasteiger partial charge in [0.15, 0.2) is 5.41 Å². The SMILES string of the molecule is CCCC[C@@]1(C(=O)OCC)C(=O)N(Cc2ccccc2)c2ccc(O)cc21. The Hall–Kier alpha value is -2.82. The highest BCUT2D eigenvalue weighted by molar-refractivity contribution is 6.20. The maximum Gasteiger partial charge on any atom is 0.326 e. The van der Waals surface area contributed by atoms with E-state index in [1.165, 1.54) is 6.07 Å². The number of hydrogen-bond donors (Lipinski definition) is 1. The molecule has 1 amide bonds. The number of phenols is 1. The predicted octanol–water partition coefficient (Wildman–Crippen LogP) is 3.93. The second-order valence-electron chi connectivity index (χ2n) is 6.81. The maximum absolute atomic E-state index is 13.6. The number of fused-ring (bicyclic) bond motifs is 1. The van der Waals surface area contributed by atoms with Gasteiger partial charge in [0.1, 0.15) is 5.75 Å². The lowest BCUT2D eigenvalue weighted by atomic mass is 9.77. The number of ether oxygens (including phenoxy) is 1. The molecule has 0 unspecified atom stereocenters. The lowest BCUT2D eigenvalue weighted by Crippen LogP contribution is -2.47. The molecule has 0 saturated carbocycles. The Morgan fingerprint density at radius 1 is 1.15 bits per heavy atom. The molecule has 0 spiro atoms. The molecule has 5 heteroatoms. The van der Waals surface area contributed by atoms with Gasteiger partial charge in [-0.25, -0.2) is 0 Å². The van der Waals surface area contributed by atoms with Gasteiger partial charge in [0.2, 0.25) is 5.91 Å². The highest BCUT2D eigenvalue weighted by Crippen LogP contribution is 2.47. The number of phenolic OH excluding ortho intramolecular Hbond substituents is 1. The average Bonchev–Trinajstić information content (AvgIpc) is 2.90. The largest absolute Gasteiger partial charge is 0.508 e. The fourth-order valence-corrected chi connectivity index (χ4v) is 3.72. The minimum absolute atomic E-state index is 0.0354. The number of esters is 1. The Kier molecular flexibility index (Phi) is 5.49. The molecule has 0 radical (unpaired) electrons. The van der Waals surface area contributed by atoms with Crippen molar-refractivity contribution in [1.82, 2.24) is 0 Å². The summed E-state index contributed by atoms with van der Waals surface area (Å²) in [6.07, 6.45) is 1.92. The predicted molar refractivity (Wildman–Crippen MR) is 104 cm³/mol. The fraction of sp³-hybridized carbons (Fsp3) is 0.364. The van der Waals surface area contributed by atoms with Crippen molar-refractivity contribution in [1.29, 1.82) is 0 Å². The Morgan fingerprint density at radius 3 is 2.56 bits per heavy atom. The van der Waals surface area contributed by atoms with Gasteiger partial charge in [0.25, 0.3) is 0 Å².